The Labute approximate surface area is 70.3 Å². The Bertz CT molecular complexity index is 129. The van der Waals surface area contributed by atoms with Crippen LogP contribution in [0.5, 0.6) is 0 Å². The summed E-state index contributed by atoms with van der Waals surface area (Å²) in [4.78, 5) is 0. The van der Waals surface area contributed by atoms with Crippen LogP contribution in [0.2, 0.25) is 0 Å². The molecule has 0 heteroatoms. The molecular formula is C11H18. The van der Waals surface area contributed by atoms with Gasteiger partial charge >= 0.3 is 0 Å². The highest BCUT2D eigenvalue weighted by Crippen LogP contribution is 1.99. The third-order valence-electron chi connectivity index (χ3n) is 1.47. The summed E-state index contributed by atoms with van der Waals surface area (Å²) < 4.78 is 0. The van der Waals surface area contributed by atoms with E-state index in [9.17, 15) is 0 Å². The zero-order valence-corrected chi connectivity index (χ0v) is 7.42. The first kappa shape index (κ1) is 10.2. The lowest BCUT2D eigenvalue weighted by molar-refractivity contribution is 0.729. The molecule has 0 aliphatic rings. The van der Waals surface area contributed by atoms with E-state index < -0.39 is 0 Å². The van der Waals surface area contributed by atoms with Crippen LogP contribution in [0.4, 0.5) is 0 Å². The van der Waals surface area contributed by atoms with Gasteiger partial charge in [0.2, 0.25) is 0 Å². The minimum absolute atomic E-state index is 1.20. The fourth-order valence-corrected chi connectivity index (χ4v) is 0.830. The Balaban J connectivity index is 3.15. The van der Waals surface area contributed by atoms with Crippen LogP contribution >= 0.6 is 0 Å². The summed E-state index contributed by atoms with van der Waals surface area (Å²) in [6.07, 6.45) is 15.2. The third-order valence-corrected chi connectivity index (χ3v) is 1.47. The largest absolute Gasteiger partial charge is 0.0991 e. The molecule has 62 valence electrons. The van der Waals surface area contributed by atoms with E-state index in [1.807, 2.05) is 12.2 Å². The molecule has 0 aliphatic carbocycles. The molecule has 0 rings (SSSR count). The summed E-state index contributed by atoms with van der Waals surface area (Å²) in [6, 6.07) is 0. The molecule has 0 nitrogen and oxygen atoms in total. The van der Waals surface area contributed by atoms with E-state index in [2.05, 4.69) is 25.7 Å². The van der Waals surface area contributed by atoms with E-state index in [1.165, 1.54) is 25.7 Å². The van der Waals surface area contributed by atoms with Crippen molar-refractivity contribution < 1.29 is 0 Å². The molecule has 0 unspecified atom stereocenters. The van der Waals surface area contributed by atoms with Crippen molar-refractivity contribution in [3.8, 4) is 0 Å². The van der Waals surface area contributed by atoms with Crippen LogP contribution in [0.1, 0.15) is 32.6 Å². The van der Waals surface area contributed by atoms with E-state index in [-0.39, 0.29) is 0 Å². The van der Waals surface area contributed by atoms with E-state index in [1.54, 1.807) is 6.08 Å². The van der Waals surface area contributed by atoms with Crippen LogP contribution in [0, 0.1) is 0 Å². The van der Waals surface area contributed by atoms with Gasteiger partial charge < -0.3 is 0 Å². The van der Waals surface area contributed by atoms with E-state index >= 15 is 0 Å². The molecule has 0 radical (unpaired) electrons. The molecule has 0 bridgehead atoms. The highest BCUT2D eigenvalue weighted by Gasteiger charge is 1.79. The summed E-state index contributed by atoms with van der Waals surface area (Å²) in [7, 11) is 0. The van der Waals surface area contributed by atoms with Crippen LogP contribution in [0.25, 0.3) is 0 Å². The zero-order valence-electron chi connectivity index (χ0n) is 7.42. The molecule has 0 aromatic rings. The molecule has 0 aliphatic heterocycles. The predicted octanol–water partition coefficient (Wildman–Crippen LogP) is 3.87. The Morgan fingerprint density at radius 3 is 2.55 bits per heavy atom. The minimum Gasteiger partial charge on any atom is -0.0991 e. The number of hydrogen-bond acceptors (Lipinski definition) is 0. The Kier molecular flexibility index (Phi) is 8.57. The maximum Gasteiger partial charge on any atom is -0.0348 e. The van der Waals surface area contributed by atoms with E-state index in [4.69, 9.17) is 0 Å². The number of rotatable bonds is 6. The highest BCUT2D eigenvalue weighted by molar-refractivity contribution is 5.08. The van der Waals surface area contributed by atoms with Crippen molar-refractivity contribution in [1.29, 1.82) is 0 Å². The van der Waals surface area contributed by atoms with Crippen LogP contribution in [-0.4, -0.2) is 0 Å². The molecule has 0 atom stereocenters. The Hall–Kier alpha value is -0.780. The van der Waals surface area contributed by atoms with E-state index in [0.29, 0.717) is 0 Å². The molecule has 0 saturated heterocycles. The van der Waals surface area contributed by atoms with Crippen LogP contribution in [-0.2, 0) is 0 Å². The molecule has 11 heavy (non-hydrogen) atoms. The summed E-state index contributed by atoms with van der Waals surface area (Å²) in [5.74, 6) is 0. The maximum absolute atomic E-state index is 3.59. The van der Waals surface area contributed by atoms with Crippen molar-refractivity contribution in [3.63, 3.8) is 0 Å². The maximum atomic E-state index is 3.59. The van der Waals surface area contributed by atoms with Gasteiger partial charge in [-0.1, -0.05) is 56.7 Å². The zero-order chi connectivity index (χ0) is 8.36. The van der Waals surface area contributed by atoms with Gasteiger partial charge in [0.15, 0.2) is 0 Å². The van der Waals surface area contributed by atoms with Gasteiger partial charge in [-0.2, -0.15) is 0 Å². The smallest absolute Gasteiger partial charge is 0.0348 e. The van der Waals surface area contributed by atoms with Crippen molar-refractivity contribution >= 4 is 0 Å². The number of unbranched alkanes of at least 4 members (excludes halogenated alkanes) is 3. The monoisotopic (exact) mass is 150 g/mol. The van der Waals surface area contributed by atoms with Crippen LogP contribution < -0.4 is 0 Å². The minimum atomic E-state index is 1.20. The normalized spacial score (nSPS) is 11.4. The molecule has 0 spiro atoms. The van der Waals surface area contributed by atoms with Gasteiger partial charge in [-0.3, -0.25) is 0 Å². The van der Waals surface area contributed by atoms with Crippen molar-refractivity contribution in [2.24, 2.45) is 0 Å². The first-order valence-corrected chi connectivity index (χ1v) is 4.36. The Morgan fingerprint density at radius 1 is 1.09 bits per heavy atom. The first-order valence-electron chi connectivity index (χ1n) is 4.36. The lowest BCUT2D eigenvalue weighted by Gasteiger charge is -1.89. The highest BCUT2D eigenvalue weighted by atomic mass is 13.9. The average molecular weight is 150 g/mol. The van der Waals surface area contributed by atoms with Crippen molar-refractivity contribution in [2.45, 2.75) is 32.6 Å². The van der Waals surface area contributed by atoms with Crippen molar-refractivity contribution in [1.82, 2.24) is 0 Å². The molecule has 0 amide bonds. The third kappa shape index (κ3) is 9.22. The second kappa shape index (κ2) is 9.22. The molecule has 0 fully saturated rings. The van der Waals surface area contributed by atoms with Gasteiger partial charge in [0, 0.05) is 0 Å². The van der Waals surface area contributed by atoms with Gasteiger partial charge in [0.05, 0.1) is 0 Å². The summed E-state index contributed by atoms with van der Waals surface area (Å²) in [5, 5.41) is 0. The molecule has 0 heterocycles. The van der Waals surface area contributed by atoms with Gasteiger partial charge in [-0.15, -0.1) is 0 Å². The van der Waals surface area contributed by atoms with Crippen molar-refractivity contribution in [2.75, 3.05) is 0 Å². The average Bonchev–Trinajstić information content (AvgIpc) is 2.03. The van der Waals surface area contributed by atoms with Gasteiger partial charge in [0.1, 0.15) is 0 Å². The second-order valence-corrected chi connectivity index (χ2v) is 2.54. The second-order valence-electron chi connectivity index (χ2n) is 2.54. The van der Waals surface area contributed by atoms with Crippen molar-refractivity contribution in [3.05, 3.63) is 37.0 Å². The lowest BCUT2D eigenvalue weighted by atomic mass is 10.2. The van der Waals surface area contributed by atoms with Crippen LogP contribution in [0.3, 0.4) is 0 Å². The predicted molar refractivity (Wildman–Crippen MR) is 52.6 cm³/mol. The fourth-order valence-electron chi connectivity index (χ4n) is 0.830. The fraction of sp³-hybridized carbons (Fsp3) is 0.455. The van der Waals surface area contributed by atoms with Gasteiger partial charge in [-0.05, 0) is 12.8 Å². The quantitative estimate of drug-likeness (QED) is 0.398. The first-order chi connectivity index (χ1) is 5.41. The molecule has 0 aromatic heterocycles. The number of allylic oxidation sites excluding steroid dienone is 5. The standard InChI is InChI=1S/C11H18/c1-3-5-7-9-11-10-8-6-4-2/h3,5,7,9,11H,1,4,6,8,10H2,2H3/b7-5+,11-9-. The Morgan fingerprint density at radius 2 is 1.91 bits per heavy atom. The SMILES string of the molecule is C=C/C=C/C=C\CCCCC. The number of hydrogen-bond donors (Lipinski definition) is 0. The molecule has 0 saturated carbocycles. The van der Waals surface area contributed by atoms with Gasteiger partial charge in [-0.25, -0.2) is 0 Å². The van der Waals surface area contributed by atoms with Gasteiger partial charge in [0.25, 0.3) is 0 Å². The molecular weight excluding hydrogens is 132 g/mol. The summed E-state index contributed by atoms with van der Waals surface area (Å²) in [6.45, 7) is 5.81. The summed E-state index contributed by atoms with van der Waals surface area (Å²) >= 11 is 0. The van der Waals surface area contributed by atoms with Crippen LogP contribution in [0.15, 0.2) is 37.0 Å². The molecule has 0 aromatic carbocycles. The molecule has 0 N–H and O–H groups in total. The lowest BCUT2D eigenvalue weighted by Crippen LogP contribution is -1.69. The van der Waals surface area contributed by atoms with E-state index in [0.717, 1.165) is 0 Å². The summed E-state index contributed by atoms with van der Waals surface area (Å²) in [5.41, 5.74) is 0. The topological polar surface area (TPSA) is 0 Å².